The summed E-state index contributed by atoms with van der Waals surface area (Å²) in [6.07, 6.45) is 0. The van der Waals surface area contributed by atoms with Gasteiger partial charge in [-0.3, -0.25) is 0 Å². The fourth-order valence-electron chi connectivity index (χ4n) is 10.2. The van der Waals surface area contributed by atoms with Gasteiger partial charge in [0.25, 0.3) is 0 Å². The van der Waals surface area contributed by atoms with E-state index in [0.717, 1.165) is 44.6 Å². The van der Waals surface area contributed by atoms with Gasteiger partial charge in [0.05, 0.1) is 45.1 Å². The van der Waals surface area contributed by atoms with Crippen LogP contribution < -0.4 is 0 Å². The Labute approximate surface area is 344 Å². The highest BCUT2D eigenvalue weighted by molar-refractivity contribution is 6.17. The first kappa shape index (κ1) is 38.8. The van der Waals surface area contributed by atoms with Gasteiger partial charge >= 0.3 is 0 Å². The Hall–Kier alpha value is -6.10. The molecule has 0 radical (unpaired) electrons. The Kier molecular flexibility index (Phi) is 8.84. The van der Waals surface area contributed by atoms with Crippen molar-refractivity contribution in [1.82, 2.24) is 9.13 Å². The zero-order valence-corrected chi connectivity index (χ0v) is 37.3. The molecule has 0 unspecified atom stereocenters. The lowest BCUT2D eigenvalue weighted by atomic mass is 9.90. The molecule has 0 atom stereocenters. The van der Waals surface area contributed by atoms with Crippen molar-refractivity contribution in [3.05, 3.63) is 137 Å². The van der Waals surface area contributed by atoms with Crippen LogP contribution >= 0.6 is 0 Å². The van der Waals surface area contributed by atoms with Crippen LogP contribution in [0, 0.1) is 133 Å². The summed E-state index contributed by atoms with van der Waals surface area (Å²) in [5.74, 6) is 0. The topological polar surface area (TPSA) is 57.4 Å². The summed E-state index contributed by atoms with van der Waals surface area (Å²) in [6, 6.07) is 17.5. The maximum Gasteiger partial charge on any atom is 0.104 e. The zero-order valence-electron chi connectivity index (χ0n) is 37.3. The summed E-state index contributed by atoms with van der Waals surface area (Å²) in [5.41, 5.74) is 29.7. The van der Waals surface area contributed by atoms with Gasteiger partial charge in [0.2, 0.25) is 0 Å². The van der Waals surface area contributed by atoms with E-state index in [0.29, 0.717) is 11.1 Å². The van der Waals surface area contributed by atoms with E-state index in [-0.39, 0.29) is 0 Å². The van der Waals surface area contributed by atoms with Crippen molar-refractivity contribution in [2.45, 2.75) is 111 Å². The lowest BCUT2D eigenvalue weighted by Gasteiger charge is -2.22. The highest BCUT2D eigenvalue weighted by Crippen LogP contribution is 2.48. The molecule has 2 aromatic heterocycles. The molecule has 0 aliphatic carbocycles. The van der Waals surface area contributed by atoms with Gasteiger partial charge in [-0.1, -0.05) is 12.1 Å². The number of nitriles is 2. The molecule has 8 aromatic rings. The van der Waals surface area contributed by atoms with E-state index >= 15 is 0 Å². The van der Waals surface area contributed by atoms with Crippen LogP contribution in [0.5, 0.6) is 0 Å². The van der Waals surface area contributed by atoms with Crippen LogP contribution in [0.3, 0.4) is 0 Å². The maximum absolute atomic E-state index is 11.8. The molecule has 0 aliphatic rings. The molecule has 0 saturated carbocycles. The second-order valence-corrected chi connectivity index (χ2v) is 17.3. The molecule has 2 heterocycles. The molecule has 0 fully saturated rings. The van der Waals surface area contributed by atoms with Gasteiger partial charge in [-0.15, -0.1) is 0 Å². The number of aromatic nitrogens is 2. The summed E-state index contributed by atoms with van der Waals surface area (Å²) in [7, 11) is 0. The minimum Gasteiger partial charge on any atom is -0.307 e. The number of hydrogen-bond acceptors (Lipinski definition) is 2. The number of fused-ring (bicyclic) bond motifs is 6. The third kappa shape index (κ3) is 4.91. The minimum atomic E-state index is 0.601. The molecular weight excluding hydrogens is 705 g/mol. The van der Waals surface area contributed by atoms with E-state index < -0.39 is 0 Å². The lowest BCUT2D eigenvalue weighted by Crippen LogP contribution is -2.08. The number of benzene rings is 6. The molecule has 0 saturated heterocycles. The number of nitrogens with zero attached hydrogens (tertiary/aromatic N) is 4. The van der Waals surface area contributed by atoms with E-state index in [4.69, 9.17) is 0 Å². The van der Waals surface area contributed by atoms with Crippen LogP contribution in [0.25, 0.3) is 66.1 Å². The fourth-order valence-corrected chi connectivity index (χ4v) is 10.2. The highest BCUT2D eigenvalue weighted by Gasteiger charge is 2.30. The first-order valence-corrected chi connectivity index (χ1v) is 20.5. The van der Waals surface area contributed by atoms with Gasteiger partial charge in [-0.25, -0.2) is 0 Å². The molecule has 290 valence electrons. The van der Waals surface area contributed by atoms with Crippen LogP contribution in [0.15, 0.2) is 36.4 Å². The van der Waals surface area contributed by atoms with E-state index in [1.165, 1.54) is 111 Å². The minimum absolute atomic E-state index is 0.601. The molecule has 8 rings (SSSR count). The summed E-state index contributed by atoms with van der Waals surface area (Å²) in [6.45, 7) is 36.0. The van der Waals surface area contributed by atoms with Crippen LogP contribution in [0.4, 0.5) is 0 Å². The second-order valence-electron chi connectivity index (χ2n) is 17.3. The van der Waals surface area contributed by atoms with E-state index in [9.17, 15) is 10.5 Å². The van der Waals surface area contributed by atoms with Crippen LogP contribution in [-0.2, 0) is 0 Å². The number of aryl methyl sites for hydroxylation is 8. The van der Waals surface area contributed by atoms with Crippen molar-refractivity contribution < 1.29 is 0 Å². The van der Waals surface area contributed by atoms with Gasteiger partial charge < -0.3 is 9.13 Å². The molecule has 6 aromatic carbocycles. The van der Waals surface area contributed by atoms with Gasteiger partial charge in [-0.05, 0) is 235 Å². The molecule has 0 N–H and O–H groups in total. The van der Waals surface area contributed by atoms with Gasteiger partial charge in [0, 0.05) is 21.5 Å². The van der Waals surface area contributed by atoms with Crippen molar-refractivity contribution in [1.29, 1.82) is 10.5 Å². The predicted molar refractivity (Wildman–Crippen MR) is 246 cm³/mol. The Balaban J connectivity index is 1.73. The predicted octanol–water partition coefficient (Wildman–Crippen LogP) is 14.2. The molecular formula is C54H54N4. The Morgan fingerprint density at radius 2 is 0.655 bits per heavy atom. The average Bonchev–Trinajstić information content (AvgIpc) is 3.78. The Bertz CT molecular complexity index is 2950. The monoisotopic (exact) mass is 758 g/mol. The normalized spacial score (nSPS) is 11.8. The smallest absolute Gasteiger partial charge is 0.104 e. The molecule has 0 aliphatic heterocycles. The van der Waals surface area contributed by atoms with E-state index in [1.54, 1.807) is 0 Å². The van der Waals surface area contributed by atoms with Crippen molar-refractivity contribution >= 4 is 43.6 Å². The summed E-state index contributed by atoms with van der Waals surface area (Å²) in [4.78, 5) is 0. The highest BCUT2D eigenvalue weighted by atomic mass is 15.0. The van der Waals surface area contributed by atoms with Gasteiger partial charge in [0.1, 0.15) is 11.6 Å². The van der Waals surface area contributed by atoms with Gasteiger partial charge in [0.15, 0.2) is 0 Å². The zero-order chi connectivity index (χ0) is 42.1. The van der Waals surface area contributed by atoms with Crippen LogP contribution in [-0.4, -0.2) is 9.13 Å². The molecule has 0 amide bonds. The van der Waals surface area contributed by atoms with Crippen molar-refractivity contribution in [3.8, 4) is 34.6 Å². The first-order valence-electron chi connectivity index (χ1n) is 20.5. The molecule has 4 nitrogen and oxygen atoms in total. The maximum atomic E-state index is 11.8. The van der Waals surface area contributed by atoms with E-state index in [1.807, 2.05) is 18.2 Å². The second kappa shape index (κ2) is 13.2. The largest absolute Gasteiger partial charge is 0.307 e. The molecule has 0 spiro atoms. The van der Waals surface area contributed by atoms with Crippen molar-refractivity contribution in [2.75, 3.05) is 0 Å². The Morgan fingerprint density at radius 3 is 0.948 bits per heavy atom. The first-order chi connectivity index (χ1) is 27.4. The summed E-state index contributed by atoms with van der Waals surface area (Å²) >= 11 is 0. The SMILES string of the molecule is Cc1c(C)c(C)c2c(c1C)c1c(C)c(C)c(C)c(C)c1n2-c1cc(-c2cccc(C#N)c2)cc(-n2c3c(C)c(C)c(C)c(C)c3c3c(C)c(C)c(C)c(C)c32)c1C#N. The summed E-state index contributed by atoms with van der Waals surface area (Å²) < 4.78 is 4.87. The molecule has 0 bridgehead atoms. The van der Waals surface area contributed by atoms with Gasteiger partial charge in [-0.2, -0.15) is 10.5 Å². The quantitative estimate of drug-likeness (QED) is 0.180. The Morgan fingerprint density at radius 1 is 0.345 bits per heavy atom. The molecule has 4 heteroatoms. The van der Waals surface area contributed by atoms with Crippen molar-refractivity contribution in [2.24, 2.45) is 0 Å². The van der Waals surface area contributed by atoms with Crippen LogP contribution in [0.2, 0.25) is 0 Å². The van der Waals surface area contributed by atoms with Crippen LogP contribution in [0.1, 0.15) is 100 Å². The third-order valence-corrected chi connectivity index (χ3v) is 15.0. The average molecular weight is 759 g/mol. The number of hydrogen-bond donors (Lipinski definition) is 0. The standard InChI is InChI=1S/C54H54N4/c1-25-29(5)37(13)51-47(33(25)9)48-34(10)26(2)30(6)38(14)52(48)57(51)45-21-43(42-19-17-18-41(20-42)23-55)22-46(44(45)24-56)58-53-39(15)31(7)27(3)35(11)49(53)50-36(12)28(4)32(8)40(16)54(50)58/h17-22H,1-16H3. The van der Waals surface area contributed by atoms with E-state index in [2.05, 4.69) is 150 Å². The molecule has 58 heavy (non-hydrogen) atoms. The summed E-state index contributed by atoms with van der Waals surface area (Å²) in [5, 5.41) is 26.9. The van der Waals surface area contributed by atoms with Crippen molar-refractivity contribution in [3.63, 3.8) is 0 Å². The number of rotatable bonds is 3. The fraction of sp³-hybridized carbons (Fsp3) is 0.296. The lowest BCUT2D eigenvalue weighted by molar-refractivity contribution is 1.08. The third-order valence-electron chi connectivity index (χ3n) is 15.0.